The van der Waals surface area contributed by atoms with Crippen LogP contribution in [-0.4, -0.2) is 51.2 Å². The minimum atomic E-state index is -1.49. The van der Waals surface area contributed by atoms with Crippen LogP contribution in [0.5, 0.6) is 0 Å². The molecule has 9 heteroatoms. The van der Waals surface area contributed by atoms with Crippen LogP contribution in [0.1, 0.15) is 32.1 Å². The number of aliphatic hydroxyl groups is 2. The fraction of sp³-hybridized carbons (Fsp3) is 0.727. The molecule has 0 fully saturated rings. The van der Waals surface area contributed by atoms with Crippen LogP contribution in [0.2, 0.25) is 0 Å². The maximum absolute atomic E-state index is 11.2. The van der Waals surface area contributed by atoms with E-state index in [-0.39, 0.29) is 47.6 Å². The number of rotatable bonds is 10. The molecule has 0 saturated carbocycles. The fourth-order valence-electron chi connectivity index (χ4n) is 1.40. The second-order valence-electron chi connectivity index (χ2n) is 4.12. The molecule has 4 N–H and O–H groups in total. The van der Waals surface area contributed by atoms with E-state index >= 15 is 0 Å². The minimum absolute atomic E-state index is 0. The summed E-state index contributed by atoms with van der Waals surface area (Å²) in [6, 6.07) is 0. The van der Waals surface area contributed by atoms with E-state index in [0.29, 0.717) is 0 Å². The van der Waals surface area contributed by atoms with E-state index in [1.165, 1.54) is 0 Å². The number of hydrogen-bond acceptors (Lipinski definition) is 6. The fourth-order valence-corrected chi connectivity index (χ4v) is 1.40. The van der Waals surface area contributed by atoms with Gasteiger partial charge >= 0.3 is 17.9 Å². The molecule has 0 bridgehead atoms. The molecule has 8 nitrogen and oxygen atoms in total. The molecule has 0 aliphatic heterocycles. The number of carboxylic acids is 2. The quantitative estimate of drug-likeness (QED) is 0.241. The Morgan fingerprint density at radius 2 is 1.50 bits per heavy atom. The van der Waals surface area contributed by atoms with Crippen molar-refractivity contribution in [2.45, 2.75) is 38.4 Å². The molecular formula is C11H18O8Ti. The summed E-state index contributed by atoms with van der Waals surface area (Å²) in [6.07, 6.45) is -2.06. The summed E-state index contributed by atoms with van der Waals surface area (Å²) < 4.78 is 4.76. The van der Waals surface area contributed by atoms with E-state index in [4.69, 9.17) is 25.2 Å². The molecule has 0 unspecified atom stereocenters. The third kappa shape index (κ3) is 13.5. The van der Waals surface area contributed by atoms with Crippen molar-refractivity contribution in [3.63, 3.8) is 0 Å². The van der Waals surface area contributed by atoms with E-state index < -0.39 is 43.0 Å². The van der Waals surface area contributed by atoms with Crippen molar-refractivity contribution < 1.29 is 61.3 Å². The zero-order chi connectivity index (χ0) is 14.8. The molecule has 20 heavy (non-hydrogen) atoms. The van der Waals surface area contributed by atoms with Gasteiger partial charge in [-0.25, -0.2) is 0 Å². The first kappa shape index (κ1) is 21.3. The van der Waals surface area contributed by atoms with Crippen molar-refractivity contribution in [2.75, 3.05) is 6.61 Å². The summed E-state index contributed by atoms with van der Waals surface area (Å²) in [5.41, 5.74) is 0. The standard InChI is InChI=1S/C11H18O8.Ti/c12-8(13)2-1-3-11(18)19-6-7(4-9(14)15)5-10(16)17;/h7-8,12-13H,1-6H2,(H,14,15)(H,16,17);. The number of aliphatic hydroxyl groups excluding tert-OH is 1. The summed E-state index contributed by atoms with van der Waals surface area (Å²) in [5.74, 6) is -3.72. The molecule has 0 saturated heterocycles. The van der Waals surface area contributed by atoms with Gasteiger partial charge in [-0.1, -0.05) is 0 Å². The summed E-state index contributed by atoms with van der Waals surface area (Å²) in [5, 5.41) is 34.3. The maximum atomic E-state index is 11.2. The van der Waals surface area contributed by atoms with E-state index in [1.807, 2.05) is 0 Å². The molecule has 0 heterocycles. The molecular weight excluding hydrogens is 308 g/mol. The smallest absolute Gasteiger partial charge is 0.305 e. The summed E-state index contributed by atoms with van der Waals surface area (Å²) in [4.78, 5) is 32.2. The SMILES string of the molecule is O=C(O)CC(COC(=O)CCCC(O)O)CC(=O)O.[Ti]. The Morgan fingerprint density at radius 3 is 1.90 bits per heavy atom. The zero-order valence-electron chi connectivity index (χ0n) is 10.8. The van der Waals surface area contributed by atoms with Gasteiger partial charge in [-0.3, -0.25) is 14.4 Å². The first-order valence-electron chi connectivity index (χ1n) is 5.76. The average molecular weight is 326 g/mol. The Kier molecular flexibility index (Phi) is 12.6. The Labute approximate surface area is 130 Å². The van der Waals surface area contributed by atoms with E-state index in [1.54, 1.807) is 0 Å². The van der Waals surface area contributed by atoms with Gasteiger partial charge in [0.1, 0.15) is 0 Å². The monoisotopic (exact) mass is 326 g/mol. The van der Waals surface area contributed by atoms with Gasteiger partial charge in [0.05, 0.1) is 19.4 Å². The zero-order valence-corrected chi connectivity index (χ0v) is 12.4. The molecule has 114 valence electrons. The van der Waals surface area contributed by atoms with Crippen LogP contribution in [0.3, 0.4) is 0 Å². The second-order valence-corrected chi connectivity index (χ2v) is 4.12. The van der Waals surface area contributed by atoms with Crippen molar-refractivity contribution >= 4 is 17.9 Å². The van der Waals surface area contributed by atoms with Gasteiger partial charge in [-0.05, 0) is 12.8 Å². The van der Waals surface area contributed by atoms with Gasteiger partial charge in [-0.2, -0.15) is 0 Å². The Hall–Kier alpha value is -0.956. The number of carbonyl (C=O) groups excluding carboxylic acids is 1. The number of aliphatic carboxylic acids is 2. The maximum Gasteiger partial charge on any atom is 0.305 e. The molecule has 0 aromatic carbocycles. The van der Waals surface area contributed by atoms with Crippen LogP contribution in [0.25, 0.3) is 0 Å². The van der Waals surface area contributed by atoms with E-state index in [9.17, 15) is 14.4 Å². The predicted molar refractivity (Wildman–Crippen MR) is 61.0 cm³/mol. The Bertz CT molecular complexity index is 302. The molecule has 0 rings (SSSR count). The van der Waals surface area contributed by atoms with Crippen LogP contribution in [0.15, 0.2) is 0 Å². The molecule has 0 amide bonds. The predicted octanol–water partition coefficient (Wildman–Crippen LogP) is -0.426. The first-order valence-corrected chi connectivity index (χ1v) is 5.76. The normalized spacial score (nSPS) is 10.2. The van der Waals surface area contributed by atoms with Crippen molar-refractivity contribution in [1.82, 2.24) is 0 Å². The van der Waals surface area contributed by atoms with E-state index in [0.717, 1.165) is 0 Å². The Morgan fingerprint density at radius 1 is 1.00 bits per heavy atom. The van der Waals surface area contributed by atoms with Crippen LogP contribution in [0, 0.1) is 5.92 Å². The molecule has 0 spiro atoms. The Balaban J connectivity index is 0. The van der Waals surface area contributed by atoms with Crippen LogP contribution in [0.4, 0.5) is 0 Å². The van der Waals surface area contributed by atoms with E-state index in [2.05, 4.69) is 0 Å². The molecule has 0 aliphatic carbocycles. The number of esters is 1. The van der Waals surface area contributed by atoms with Gasteiger partial charge < -0.3 is 25.2 Å². The number of ether oxygens (including phenoxy) is 1. The van der Waals surface area contributed by atoms with Crippen molar-refractivity contribution in [3.05, 3.63) is 0 Å². The third-order valence-electron chi connectivity index (χ3n) is 2.25. The molecule has 0 atom stereocenters. The number of hydrogen-bond donors (Lipinski definition) is 4. The van der Waals surface area contributed by atoms with Crippen molar-refractivity contribution in [1.29, 1.82) is 0 Å². The van der Waals surface area contributed by atoms with Crippen molar-refractivity contribution in [2.24, 2.45) is 5.92 Å². The molecule has 0 aliphatic rings. The van der Waals surface area contributed by atoms with Crippen LogP contribution in [-0.2, 0) is 40.8 Å². The van der Waals surface area contributed by atoms with Gasteiger partial charge in [0.25, 0.3) is 0 Å². The molecule has 0 aromatic rings. The number of carbonyl (C=O) groups is 3. The second kappa shape index (κ2) is 11.8. The molecule has 0 radical (unpaired) electrons. The van der Waals surface area contributed by atoms with Gasteiger partial charge in [-0.15, -0.1) is 0 Å². The van der Waals surface area contributed by atoms with Gasteiger partial charge in [0, 0.05) is 34.1 Å². The minimum Gasteiger partial charge on any atom is -0.481 e. The third-order valence-corrected chi connectivity index (χ3v) is 2.25. The topological polar surface area (TPSA) is 141 Å². The number of carboxylic acid groups (broad SMARTS) is 2. The first-order chi connectivity index (χ1) is 8.81. The van der Waals surface area contributed by atoms with Crippen LogP contribution >= 0.6 is 0 Å². The summed E-state index contributed by atoms with van der Waals surface area (Å²) in [7, 11) is 0. The van der Waals surface area contributed by atoms with Crippen LogP contribution < -0.4 is 0 Å². The summed E-state index contributed by atoms with van der Waals surface area (Å²) >= 11 is 0. The molecule has 0 aromatic heterocycles. The average Bonchev–Trinajstić information content (AvgIpc) is 2.23. The van der Waals surface area contributed by atoms with Crippen molar-refractivity contribution in [3.8, 4) is 0 Å². The van der Waals surface area contributed by atoms with Gasteiger partial charge in [0.15, 0.2) is 6.29 Å². The summed E-state index contributed by atoms with van der Waals surface area (Å²) in [6.45, 7) is -0.279. The van der Waals surface area contributed by atoms with Gasteiger partial charge in [0.2, 0.25) is 0 Å². The largest absolute Gasteiger partial charge is 0.481 e.